The van der Waals surface area contributed by atoms with Gasteiger partial charge in [0.2, 0.25) is 11.9 Å². The molecule has 1 aromatic carbocycles. The minimum Gasteiger partial charge on any atom is -0.357 e. The maximum Gasteiger partial charge on any atom is 0.228 e. The van der Waals surface area contributed by atoms with E-state index in [1.165, 1.54) is 0 Å². The minimum atomic E-state index is -0.370. The highest BCUT2D eigenvalue weighted by Crippen LogP contribution is 2.29. The summed E-state index contributed by atoms with van der Waals surface area (Å²) >= 11 is 0. The molecule has 0 saturated carbocycles. The zero-order valence-electron chi connectivity index (χ0n) is 24.4. The van der Waals surface area contributed by atoms with Gasteiger partial charge in [0, 0.05) is 56.6 Å². The summed E-state index contributed by atoms with van der Waals surface area (Å²) < 4.78 is 3.66. The number of rotatable bonds is 7. The number of hydrogen-bond donors (Lipinski definition) is 1. The van der Waals surface area contributed by atoms with Gasteiger partial charge in [0.05, 0.1) is 24.7 Å². The van der Waals surface area contributed by atoms with E-state index in [2.05, 4.69) is 37.6 Å². The van der Waals surface area contributed by atoms with Crippen molar-refractivity contribution in [3.63, 3.8) is 0 Å². The highest BCUT2D eigenvalue weighted by Gasteiger charge is 2.30. The van der Waals surface area contributed by atoms with Crippen molar-refractivity contribution in [2.75, 3.05) is 43.4 Å². The first-order chi connectivity index (χ1) is 20.3. The van der Waals surface area contributed by atoms with Crippen LogP contribution in [0.25, 0.3) is 22.3 Å². The molecule has 42 heavy (non-hydrogen) atoms. The maximum atomic E-state index is 12.7. The SMILES string of the molecule is CNc1ncc2c(-c3ccc(N4CCN(C(=O)C(C)(C)C)CC4)nc3)nn(Cc3cn(Cc4ccccc4)nn3)c2n1. The molecule has 1 fully saturated rings. The standard InChI is InChI=1S/C30H35N11O/c1-30(2,3)28(42)39-14-12-38(13-15-39)25-11-10-22(16-32-25)26-24-17-33-29(31-4)34-27(24)41(36-26)20-23-19-40(37-35-23)18-21-8-6-5-7-9-21/h5-11,16-17,19H,12-15,18,20H2,1-4H3,(H,31,33,34). The summed E-state index contributed by atoms with van der Waals surface area (Å²) in [6.07, 6.45) is 5.57. The second kappa shape index (κ2) is 11.2. The first-order valence-electron chi connectivity index (χ1n) is 14.1. The van der Waals surface area contributed by atoms with Crippen LogP contribution in [0.2, 0.25) is 0 Å². The quantitative estimate of drug-likeness (QED) is 0.317. The Kier molecular flexibility index (Phi) is 7.27. The summed E-state index contributed by atoms with van der Waals surface area (Å²) in [5.74, 6) is 1.59. The molecule has 12 heteroatoms. The van der Waals surface area contributed by atoms with E-state index in [0.717, 1.165) is 46.8 Å². The molecule has 0 spiro atoms. The Balaban J connectivity index is 1.22. The van der Waals surface area contributed by atoms with Crippen molar-refractivity contribution in [3.05, 3.63) is 72.3 Å². The predicted octanol–water partition coefficient (Wildman–Crippen LogP) is 3.31. The second-order valence-corrected chi connectivity index (χ2v) is 11.5. The lowest BCUT2D eigenvalue weighted by Crippen LogP contribution is -2.51. The molecule has 1 N–H and O–H groups in total. The van der Waals surface area contributed by atoms with Gasteiger partial charge in [0.25, 0.3) is 0 Å². The van der Waals surface area contributed by atoms with Crippen molar-refractivity contribution >= 4 is 28.7 Å². The fraction of sp³-hybridized carbons (Fsp3) is 0.367. The minimum absolute atomic E-state index is 0.190. The van der Waals surface area contributed by atoms with Crippen molar-refractivity contribution < 1.29 is 4.79 Å². The first kappa shape index (κ1) is 27.3. The summed E-state index contributed by atoms with van der Waals surface area (Å²) in [5.41, 5.74) is 3.89. The van der Waals surface area contributed by atoms with Crippen LogP contribution in [-0.2, 0) is 17.9 Å². The number of benzene rings is 1. The van der Waals surface area contributed by atoms with Crippen LogP contribution in [0.3, 0.4) is 0 Å². The van der Waals surface area contributed by atoms with Gasteiger partial charge in [-0.3, -0.25) is 4.79 Å². The third kappa shape index (κ3) is 5.65. The van der Waals surface area contributed by atoms with Crippen LogP contribution >= 0.6 is 0 Å². The van der Waals surface area contributed by atoms with Crippen LogP contribution < -0.4 is 10.2 Å². The molecule has 1 aliphatic heterocycles. The van der Waals surface area contributed by atoms with Gasteiger partial charge in [-0.05, 0) is 17.7 Å². The smallest absolute Gasteiger partial charge is 0.228 e. The van der Waals surface area contributed by atoms with Gasteiger partial charge in [-0.2, -0.15) is 10.1 Å². The number of carbonyl (C=O) groups is 1. The normalized spacial score (nSPS) is 14.0. The first-order valence-corrected chi connectivity index (χ1v) is 14.1. The molecular weight excluding hydrogens is 530 g/mol. The predicted molar refractivity (Wildman–Crippen MR) is 161 cm³/mol. The van der Waals surface area contributed by atoms with Crippen LogP contribution in [0.5, 0.6) is 0 Å². The second-order valence-electron chi connectivity index (χ2n) is 11.5. The summed E-state index contributed by atoms with van der Waals surface area (Å²) in [4.78, 5) is 30.7. The molecule has 12 nitrogen and oxygen atoms in total. The molecule has 0 bridgehead atoms. The fourth-order valence-corrected chi connectivity index (χ4v) is 5.14. The average molecular weight is 566 g/mol. The van der Waals surface area contributed by atoms with E-state index < -0.39 is 0 Å². The number of nitrogens with one attached hydrogen (secondary N) is 1. The summed E-state index contributed by atoms with van der Waals surface area (Å²) in [6, 6.07) is 14.2. The van der Waals surface area contributed by atoms with Gasteiger partial charge in [-0.1, -0.05) is 56.3 Å². The number of anilines is 2. The van der Waals surface area contributed by atoms with E-state index in [4.69, 9.17) is 15.1 Å². The summed E-state index contributed by atoms with van der Waals surface area (Å²) in [7, 11) is 1.79. The third-order valence-corrected chi connectivity index (χ3v) is 7.35. The lowest BCUT2D eigenvalue weighted by molar-refractivity contribution is -0.139. The van der Waals surface area contributed by atoms with Crippen LogP contribution in [0.1, 0.15) is 32.0 Å². The Morgan fingerprint density at radius 2 is 1.74 bits per heavy atom. The number of nitrogens with zero attached hydrogens (tertiary/aromatic N) is 10. The largest absolute Gasteiger partial charge is 0.357 e. The molecule has 0 aliphatic carbocycles. The average Bonchev–Trinajstić information content (AvgIpc) is 3.60. The van der Waals surface area contributed by atoms with Crippen LogP contribution in [0.4, 0.5) is 11.8 Å². The Bertz CT molecular complexity index is 1680. The fourth-order valence-electron chi connectivity index (χ4n) is 5.14. The Labute approximate surface area is 244 Å². The maximum absolute atomic E-state index is 12.7. The zero-order chi connectivity index (χ0) is 29.3. The number of fused-ring (bicyclic) bond motifs is 1. The van der Waals surface area contributed by atoms with Crippen molar-refractivity contribution in [3.8, 4) is 11.3 Å². The Morgan fingerprint density at radius 1 is 0.952 bits per heavy atom. The van der Waals surface area contributed by atoms with E-state index >= 15 is 0 Å². The summed E-state index contributed by atoms with van der Waals surface area (Å²) in [6.45, 7) is 9.83. The topological polar surface area (TPSA) is 123 Å². The van der Waals surface area contributed by atoms with Gasteiger partial charge < -0.3 is 15.1 Å². The molecule has 4 aromatic heterocycles. The Morgan fingerprint density at radius 3 is 2.43 bits per heavy atom. The number of hydrogen-bond acceptors (Lipinski definition) is 9. The Hall–Kier alpha value is -4.87. The van der Waals surface area contributed by atoms with Crippen LogP contribution in [0, 0.1) is 5.41 Å². The monoisotopic (exact) mass is 565 g/mol. The molecule has 1 saturated heterocycles. The molecule has 6 rings (SSSR count). The molecular formula is C30H35N11O. The van der Waals surface area contributed by atoms with Crippen molar-refractivity contribution in [2.24, 2.45) is 5.41 Å². The van der Waals surface area contributed by atoms with E-state index in [9.17, 15) is 4.79 Å². The van der Waals surface area contributed by atoms with Gasteiger partial charge in [0.15, 0.2) is 5.65 Å². The number of pyridine rings is 1. The highest BCUT2D eigenvalue weighted by atomic mass is 16.2. The molecule has 5 aromatic rings. The number of carbonyl (C=O) groups excluding carboxylic acids is 1. The van der Waals surface area contributed by atoms with Gasteiger partial charge >= 0.3 is 0 Å². The van der Waals surface area contributed by atoms with E-state index in [-0.39, 0.29) is 11.3 Å². The number of aromatic nitrogens is 8. The molecule has 0 atom stereocenters. The van der Waals surface area contributed by atoms with Gasteiger partial charge in [0.1, 0.15) is 17.2 Å². The lowest BCUT2D eigenvalue weighted by Gasteiger charge is -2.38. The van der Waals surface area contributed by atoms with Crippen molar-refractivity contribution in [1.82, 2.24) is 44.6 Å². The van der Waals surface area contributed by atoms with E-state index in [1.807, 2.05) is 77.8 Å². The molecule has 1 aliphatic rings. The zero-order valence-corrected chi connectivity index (χ0v) is 24.4. The van der Waals surface area contributed by atoms with Gasteiger partial charge in [-0.15, -0.1) is 5.10 Å². The van der Waals surface area contributed by atoms with Crippen molar-refractivity contribution in [2.45, 2.75) is 33.9 Å². The lowest BCUT2D eigenvalue weighted by atomic mass is 9.94. The van der Waals surface area contributed by atoms with Crippen LogP contribution in [-0.4, -0.2) is 83.8 Å². The third-order valence-electron chi connectivity index (χ3n) is 7.35. The summed E-state index contributed by atoms with van der Waals surface area (Å²) in [5, 5.41) is 17.5. The van der Waals surface area contributed by atoms with Crippen LogP contribution in [0.15, 0.2) is 61.1 Å². The molecule has 1 amide bonds. The number of piperazine rings is 1. The number of amides is 1. The van der Waals surface area contributed by atoms with E-state index in [0.29, 0.717) is 37.8 Å². The van der Waals surface area contributed by atoms with Crippen molar-refractivity contribution in [1.29, 1.82) is 0 Å². The highest BCUT2D eigenvalue weighted by molar-refractivity contribution is 5.91. The molecule has 0 radical (unpaired) electrons. The molecule has 216 valence electrons. The molecule has 5 heterocycles. The van der Waals surface area contributed by atoms with E-state index in [1.54, 1.807) is 13.2 Å². The van der Waals surface area contributed by atoms with Gasteiger partial charge in [-0.25, -0.2) is 19.3 Å². The molecule has 0 unspecified atom stereocenters.